The van der Waals surface area contributed by atoms with Crippen LogP contribution in [0.1, 0.15) is 89.1 Å². The predicted octanol–water partition coefficient (Wildman–Crippen LogP) is 7.28. The van der Waals surface area contributed by atoms with Crippen LogP contribution >= 0.6 is 0 Å². The van der Waals surface area contributed by atoms with Crippen LogP contribution < -0.4 is 4.90 Å². The van der Waals surface area contributed by atoms with Crippen molar-refractivity contribution >= 4 is 23.5 Å². The largest absolute Gasteiger partial charge is 0.507 e. The topological polar surface area (TPSA) is 77.8 Å². The average molecular weight is 512 g/mol. The maximum Gasteiger partial charge on any atom is 0.339 e. The molecule has 0 aliphatic heterocycles. The number of carbonyl (C=O) groups is 2. The van der Waals surface area contributed by atoms with Crippen LogP contribution in [0.2, 0.25) is 0 Å². The summed E-state index contributed by atoms with van der Waals surface area (Å²) in [5, 5.41) is 19.2. The molecule has 3 aromatic rings. The van der Waals surface area contributed by atoms with Crippen LogP contribution in [0.25, 0.3) is 6.08 Å². The van der Waals surface area contributed by atoms with E-state index < -0.39 is 5.97 Å². The minimum Gasteiger partial charge on any atom is -0.507 e. The maximum atomic E-state index is 13.4. The molecule has 0 bridgehead atoms. The molecule has 0 fully saturated rings. The Morgan fingerprint density at radius 1 is 0.947 bits per heavy atom. The molecular formula is C33H37NO4. The van der Waals surface area contributed by atoms with Gasteiger partial charge >= 0.3 is 5.97 Å². The fourth-order valence-electron chi connectivity index (χ4n) is 5.35. The smallest absolute Gasteiger partial charge is 0.339 e. The summed E-state index contributed by atoms with van der Waals surface area (Å²) in [6.07, 6.45) is 5.21. The summed E-state index contributed by atoms with van der Waals surface area (Å²) in [5.41, 5.74) is 6.92. The van der Waals surface area contributed by atoms with E-state index in [2.05, 4.69) is 76.9 Å². The first kappa shape index (κ1) is 27.2. The Morgan fingerprint density at radius 3 is 2.24 bits per heavy atom. The number of allylic oxidation sites excluding steroid dienone is 1. The lowest BCUT2D eigenvalue weighted by Crippen LogP contribution is -2.36. The molecule has 38 heavy (non-hydrogen) atoms. The Hall–Kier alpha value is -3.86. The van der Waals surface area contributed by atoms with Crippen molar-refractivity contribution in [3.8, 4) is 5.75 Å². The molecule has 0 saturated heterocycles. The third-order valence-corrected chi connectivity index (χ3v) is 7.81. The van der Waals surface area contributed by atoms with Gasteiger partial charge in [0.05, 0.1) is 0 Å². The Bertz CT molecular complexity index is 1410. The zero-order valence-electron chi connectivity index (χ0n) is 23.1. The fraction of sp³-hybridized carbons (Fsp3) is 0.333. The first-order valence-electron chi connectivity index (χ1n) is 13.0. The van der Waals surface area contributed by atoms with Gasteiger partial charge in [-0.3, -0.25) is 4.79 Å². The molecule has 5 heteroatoms. The van der Waals surface area contributed by atoms with Crippen LogP contribution in [0.4, 0.5) is 5.69 Å². The average Bonchev–Trinajstić information content (AvgIpc) is 2.86. The van der Waals surface area contributed by atoms with Crippen molar-refractivity contribution in [3.05, 3.63) is 99.6 Å². The minimum absolute atomic E-state index is 0.0252. The molecule has 5 nitrogen and oxygen atoms in total. The molecule has 1 aliphatic rings. The van der Waals surface area contributed by atoms with Gasteiger partial charge in [0, 0.05) is 24.8 Å². The lowest BCUT2D eigenvalue weighted by Gasteiger charge is -2.44. The number of ketones is 1. The van der Waals surface area contributed by atoms with Gasteiger partial charge in [0.2, 0.25) is 0 Å². The van der Waals surface area contributed by atoms with Gasteiger partial charge < -0.3 is 15.1 Å². The quantitative estimate of drug-likeness (QED) is 0.257. The molecule has 3 aromatic carbocycles. The molecule has 0 atom stereocenters. The van der Waals surface area contributed by atoms with Crippen molar-refractivity contribution in [3.63, 3.8) is 0 Å². The second-order valence-electron chi connectivity index (χ2n) is 11.8. The summed E-state index contributed by atoms with van der Waals surface area (Å²) in [6.45, 7) is 11.9. The highest BCUT2D eigenvalue weighted by molar-refractivity contribution is 6.08. The maximum absolute atomic E-state index is 13.4. The van der Waals surface area contributed by atoms with Crippen LogP contribution in [0.15, 0.2) is 60.7 Å². The molecule has 0 heterocycles. The number of hydrogen-bond donors (Lipinski definition) is 2. The van der Waals surface area contributed by atoms with Gasteiger partial charge in [0.15, 0.2) is 5.78 Å². The third-order valence-electron chi connectivity index (χ3n) is 7.81. The lowest BCUT2D eigenvalue weighted by molar-refractivity contribution is 0.0693. The third kappa shape index (κ3) is 5.52. The van der Waals surface area contributed by atoms with Crippen molar-refractivity contribution in [2.24, 2.45) is 0 Å². The molecule has 198 valence electrons. The molecule has 0 spiro atoms. The van der Waals surface area contributed by atoms with Crippen LogP contribution in [-0.2, 0) is 17.4 Å². The summed E-state index contributed by atoms with van der Waals surface area (Å²) in [7, 11) is 2.09. The Labute approximate surface area is 225 Å². The number of carbonyl (C=O) groups excluding carboxylic acids is 1. The number of nitrogens with zero attached hydrogens (tertiary/aromatic N) is 1. The monoisotopic (exact) mass is 511 g/mol. The lowest BCUT2D eigenvalue weighted by atomic mass is 9.62. The van der Waals surface area contributed by atoms with Crippen molar-refractivity contribution < 1.29 is 19.8 Å². The predicted molar refractivity (Wildman–Crippen MR) is 153 cm³/mol. The Morgan fingerprint density at radius 2 is 1.61 bits per heavy atom. The van der Waals surface area contributed by atoms with E-state index in [9.17, 15) is 14.7 Å². The van der Waals surface area contributed by atoms with Crippen molar-refractivity contribution in [2.45, 2.75) is 64.8 Å². The van der Waals surface area contributed by atoms with Gasteiger partial charge in [0.25, 0.3) is 0 Å². The minimum atomic E-state index is -1.20. The van der Waals surface area contributed by atoms with E-state index in [1.54, 1.807) is 12.1 Å². The van der Waals surface area contributed by atoms with E-state index in [0.717, 1.165) is 25.1 Å². The molecule has 0 radical (unpaired) electrons. The van der Waals surface area contributed by atoms with E-state index in [-0.39, 0.29) is 27.9 Å². The first-order chi connectivity index (χ1) is 17.8. The molecule has 0 saturated carbocycles. The summed E-state index contributed by atoms with van der Waals surface area (Å²) < 4.78 is 0. The zero-order chi connectivity index (χ0) is 27.8. The number of carboxylic acids is 1. The van der Waals surface area contributed by atoms with Gasteiger partial charge in [0.1, 0.15) is 11.3 Å². The molecule has 0 amide bonds. The number of aromatic hydroxyl groups is 1. The van der Waals surface area contributed by atoms with Crippen molar-refractivity contribution in [1.29, 1.82) is 0 Å². The van der Waals surface area contributed by atoms with Crippen LogP contribution in [-0.4, -0.2) is 29.0 Å². The molecule has 0 aromatic heterocycles. The van der Waals surface area contributed by atoms with E-state index in [1.165, 1.54) is 40.5 Å². The van der Waals surface area contributed by atoms with E-state index >= 15 is 0 Å². The normalized spacial score (nSPS) is 15.7. The van der Waals surface area contributed by atoms with E-state index in [1.807, 2.05) is 6.07 Å². The van der Waals surface area contributed by atoms with Gasteiger partial charge in [-0.15, -0.1) is 0 Å². The SMILES string of the molecule is Cc1ccc(CN(C)c2cc(C(=O)C=Cc3ccc(C(=O)O)c(O)c3)cc3c2C(C)(C)CCC3(C)C)cc1. The molecule has 1 aliphatic carbocycles. The number of phenols is 1. The van der Waals surface area contributed by atoms with E-state index in [4.69, 9.17) is 5.11 Å². The summed E-state index contributed by atoms with van der Waals surface area (Å²) in [5.74, 6) is -1.67. The number of aromatic carboxylic acids is 1. The number of hydrogen-bond acceptors (Lipinski definition) is 4. The van der Waals surface area contributed by atoms with Crippen molar-refractivity contribution in [1.82, 2.24) is 0 Å². The van der Waals surface area contributed by atoms with Crippen LogP contribution in [0.5, 0.6) is 5.75 Å². The summed E-state index contributed by atoms with van der Waals surface area (Å²) in [6, 6.07) is 16.9. The molecular weight excluding hydrogens is 474 g/mol. The summed E-state index contributed by atoms with van der Waals surface area (Å²) >= 11 is 0. The van der Waals surface area contributed by atoms with Gasteiger partial charge in [-0.1, -0.05) is 69.7 Å². The second kappa shape index (κ2) is 10.1. The number of aryl methyl sites for hydroxylation is 1. The number of rotatable bonds is 7. The highest BCUT2D eigenvalue weighted by Gasteiger charge is 2.40. The van der Waals surface area contributed by atoms with E-state index in [0.29, 0.717) is 11.1 Å². The first-order valence-corrected chi connectivity index (χ1v) is 13.0. The van der Waals surface area contributed by atoms with Crippen LogP contribution in [0, 0.1) is 6.92 Å². The standard InChI is InChI=1S/C33H37NO4/c1-21-7-9-23(10-8-21)20-34(6)27-19-24(18-26-30(27)33(4,5)16-15-32(26,2)3)28(35)14-12-22-11-13-25(31(37)38)29(36)17-22/h7-14,17-19,36H,15-16,20H2,1-6H3,(H,37,38). The fourth-order valence-corrected chi connectivity index (χ4v) is 5.35. The van der Waals surface area contributed by atoms with Gasteiger partial charge in [-0.05, 0) is 83.2 Å². The molecule has 2 N–H and O–H groups in total. The zero-order valence-corrected chi connectivity index (χ0v) is 23.1. The highest BCUT2D eigenvalue weighted by atomic mass is 16.4. The van der Waals surface area contributed by atoms with Gasteiger partial charge in [-0.2, -0.15) is 0 Å². The number of carboxylic acid groups (broad SMARTS) is 1. The highest BCUT2D eigenvalue weighted by Crippen LogP contribution is 2.50. The molecule has 0 unspecified atom stereocenters. The van der Waals surface area contributed by atoms with Gasteiger partial charge in [-0.25, -0.2) is 4.79 Å². The Kier molecular flexibility index (Phi) is 7.24. The molecule has 4 rings (SSSR count). The second-order valence-corrected chi connectivity index (χ2v) is 11.8. The van der Waals surface area contributed by atoms with Crippen molar-refractivity contribution in [2.75, 3.05) is 11.9 Å². The Balaban J connectivity index is 1.75. The number of fused-ring (bicyclic) bond motifs is 1. The van der Waals surface area contributed by atoms with Crippen LogP contribution in [0.3, 0.4) is 0 Å². The number of benzene rings is 3. The summed E-state index contributed by atoms with van der Waals surface area (Å²) in [4.78, 5) is 26.9. The number of anilines is 1.